The van der Waals surface area contributed by atoms with Crippen molar-refractivity contribution in [3.8, 4) is 0 Å². The van der Waals surface area contributed by atoms with Gasteiger partial charge in [-0.2, -0.15) is 0 Å². The zero-order chi connectivity index (χ0) is 13.8. The second-order valence-corrected chi connectivity index (χ2v) is 5.74. The standard InChI is InChI=1S/C14H18Cl2N2O/c1-2-3-4-18-7-11(8-18)17-10-5-13(15)12(9-19)14(16)6-10/h5-6,9,11,17H,2-4,7-8H2,1H3. The molecule has 0 aromatic heterocycles. The van der Waals surface area contributed by atoms with Crippen LogP contribution in [0.2, 0.25) is 10.0 Å². The molecule has 5 heteroatoms. The summed E-state index contributed by atoms with van der Waals surface area (Å²) in [6, 6.07) is 3.95. The van der Waals surface area contributed by atoms with Crippen LogP contribution in [-0.2, 0) is 0 Å². The van der Waals surface area contributed by atoms with Gasteiger partial charge in [0.2, 0.25) is 0 Å². The van der Waals surface area contributed by atoms with Crippen molar-refractivity contribution in [2.75, 3.05) is 25.0 Å². The largest absolute Gasteiger partial charge is 0.380 e. The Kier molecular flexibility index (Phi) is 5.08. The van der Waals surface area contributed by atoms with Crippen LogP contribution in [0.25, 0.3) is 0 Å². The second-order valence-electron chi connectivity index (χ2n) is 4.93. The summed E-state index contributed by atoms with van der Waals surface area (Å²) in [6.07, 6.45) is 3.16. The maximum atomic E-state index is 10.8. The van der Waals surface area contributed by atoms with E-state index < -0.39 is 0 Å². The first-order valence-electron chi connectivity index (χ1n) is 6.57. The van der Waals surface area contributed by atoms with E-state index in [9.17, 15) is 4.79 Å². The summed E-state index contributed by atoms with van der Waals surface area (Å²) >= 11 is 12.0. The van der Waals surface area contributed by atoms with Gasteiger partial charge in [0.05, 0.1) is 21.7 Å². The van der Waals surface area contributed by atoms with E-state index in [1.54, 1.807) is 12.1 Å². The molecule has 1 aromatic carbocycles. The maximum absolute atomic E-state index is 10.8. The van der Waals surface area contributed by atoms with Gasteiger partial charge in [-0.1, -0.05) is 36.5 Å². The van der Waals surface area contributed by atoms with Crippen molar-refractivity contribution in [3.63, 3.8) is 0 Å². The van der Waals surface area contributed by atoms with Crippen molar-refractivity contribution in [2.45, 2.75) is 25.8 Å². The Labute approximate surface area is 123 Å². The summed E-state index contributed by atoms with van der Waals surface area (Å²) in [7, 11) is 0. The lowest BCUT2D eigenvalue weighted by atomic mass is 10.1. The van der Waals surface area contributed by atoms with E-state index in [1.807, 2.05) is 0 Å². The molecule has 1 fully saturated rings. The average molecular weight is 301 g/mol. The average Bonchev–Trinajstić information content (AvgIpc) is 2.31. The third-order valence-corrected chi connectivity index (χ3v) is 3.98. The molecule has 0 radical (unpaired) electrons. The van der Waals surface area contributed by atoms with Gasteiger partial charge < -0.3 is 5.32 Å². The van der Waals surface area contributed by atoms with Gasteiger partial charge >= 0.3 is 0 Å². The summed E-state index contributed by atoms with van der Waals surface area (Å²) in [5.41, 5.74) is 1.23. The van der Waals surface area contributed by atoms with Gasteiger partial charge in [0, 0.05) is 18.8 Å². The monoisotopic (exact) mass is 300 g/mol. The molecule has 1 N–H and O–H groups in total. The molecular weight excluding hydrogens is 283 g/mol. The molecule has 0 spiro atoms. The second kappa shape index (κ2) is 6.60. The van der Waals surface area contributed by atoms with Crippen molar-refractivity contribution >= 4 is 35.2 Å². The minimum absolute atomic E-state index is 0.354. The lowest BCUT2D eigenvalue weighted by Crippen LogP contribution is -2.54. The van der Waals surface area contributed by atoms with Crippen LogP contribution in [-0.4, -0.2) is 36.9 Å². The predicted molar refractivity (Wildman–Crippen MR) is 80.6 cm³/mol. The summed E-state index contributed by atoms with van der Waals surface area (Å²) < 4.78 is 0. The number of carbonyl (C=O) groups excluding carboxylic acids is 1. The summed E-state index contributed by atoms with van der Waals surface area (Å²) in [4.78, 5) is 13.2. The Morgan fingerprint density at radius 3 is 2.53 bits per heavy atom. The summed E-state index contributed by atoms with van der Waals surface area (Å²) in [5, 5.41) is 4.18. The van der Waals surface area contributed by atoms with Crippen LogP contribution >= 0.6 is 23.2 Å². The lowest BCUT2D eigenvalue weighted by Gasteiger charge is -2.40. The van der Waals surface area contributed by atoms with E-state index in [2.05, 4.69) is 17.1 Å². The first-order chi connectivity index (χ1) is 9.13. The molecule has 0 atom stereocenters. The highest BCUT2D eigenvalue weighted by atomic mass is 35.5. The number of hydrogen-bond acceptors (Lipinski definition) is 3. The molecule has 1 aromatic rings. The molecule has 1 heterocycles. The van der Waals surface area contributed by atoms with Gasteiger partial charge in [-0.3, -0.25) is 9.69 Å². The van der Waals surface area contributed by atoms with E-state index in [0.29, 0.717) is 27.9 Å². The highest BCUT2D eigenvalue weighted by molar-refractivity contribution is 6.38. The summed E-state index contributed by atoms with van der Waals surface area (Å²) in [5.74, 6) is 0. The number of benzene rings is 1. The van der Waals surface area contributed by atoms with E-state index in [1.165, 1.54) is 19.4 Å². The number of nitrogens with zero attached hydrogens (tertiary/aromatic N) is 1. The molecule has 104 valence electrons. The highest BCUT2D eigenvalue weighted by Crippen LogP contribution is 2.28. The minimum atomic E-state index is 0.354. The molecule has 0 amide bonds. The smallest absolute Gasteiger partial charge is 0.153 e. The van der Waals surface area contributed by atoms with Gasteiger partial charge in [-0.15, -0.1) is 0 Å². The molecular formula is C14H18Cl2N2O. The maximum Gasteiger partial charge on any atom is 0.153 e. The number of aldehydes is 1. The van der Waals surface area contributed by atoms with Crippen LogP contribution in [0.3, 0.4) is 0 Å². The molecule has 0 aliphatic carbocycles. The fraction of sp³-hybridized carbons (Fsp3) is 0.500. The minimum Gasteiger partial charge on any atom is -0.380 e. The van der Waals surface area contributed by atoms with Gasteiger partial charge in [0.15, 0.2) is 6.29 Å². The topological polar surface area (TPSA) is 32.3 Å². The van der Waals surface area contributed by atoms with Crippen molar-refractivity contribution in [1.29, 1.82) is 0 Å². The van der Waals surface area contributed by atoms with Crippen molar-refractivity contribution in [3.05, 3.63) is 27.7 Å². The van der Waals surface area contributed by atoms with Crippen LogP contribution < -0.4 is 5.32 Å². The van der Waals surface area contributed by atoms with E-state index in [4.69, 9.17) is 23.2 Å². The number of halogens is 2. The first-order valence-corrected chi connectivity index (χ1v) is 7.32. The molecule has 0 bridgehead atoms. The third kappa shape index (κ3) is 3.62. The van der Waals surface area contributed by atoms with Crippen LogP contribution in [0.5, 0.6) is 0 Å². The molecule has 0 saturated carbocycles. The Balaban J connectivity index is 1.90. The fourth-order valence-electron chi connectivity index (χ4n) is 2.24. The quantitative estimate of drug-likeness (QED) is 0.813. The van der Waals surface area contributed by atoms with E-state index in [-0.39, 0.29) is 0 Å². The Morgan fingerprint density at radius 2 is 2.00 bits per heavy atom. The zero-order valence-corrected chi connectivity index (χ0v) is 12.5. The number of hydrogen-bond donors (Lipinski definition) is 1. The SMILES string of the molecule is CCCCN1CC(Nc2cc(Cl)c(C=O)c(Cl)c2)C1. The number of rotatable bonds is 6. The molecule has 3 nitrogen and oxygen atoms in total. The number of carbonyl (C=O) groups is 1. The van der Waals surface area contributed by atoms with Crippen molar-refractivity contribution in [2.24, 2.45) is 0 Å². The van der Waals surface area contributed by atoms with Crippen LogP contribution in [0.1, 0.15) is 30.1 Å². The van der Waals surface area contributed by atoms with Crippen LogP contribution in [0.4, 0.5) is 5.69 Å². The first kappa shape index (κ1) is 14.6. The highest BCUT2D eigenvalue weighted by Gasteiger charge is 2.25. The van der Waals surface area contributed by atoms with E-state index in [0.717, 1.165) is 18.8 Å². The molecule has 1 saturated heterocycles. The zero-order valence-electron chi connectivity index (χ0n) is 11.0. The number of unbranched alkanes of at least 4 members (excludes halogenated alkanes) is 1. The van der Waals surface area contributed by atoms with Gasteiger partial charge in [-0.05, 0) is 25.1 Å². The van der Waals surface area contributed by atoms with Crippen molar-refractivity contribution < 1.29 is 4.79 Å². The molecule has 19 heavy (non-hydrogen) atoms. The van der Waals surface area contributed by atoms with Crippen LogP contribution in [0.15, 0.2) is 12.1 Å². The fourth-order valence-corrected chi connectivity index (χ4v) is 2.82. The summed E-state index contributed by atoms with van der Waals surface area (Å²) in [6.45, 7) is 5.46. The van der Waals surface area contributed by atoms with Gasteiger partial charge in [0.1, 0.15) is 0 Å². The van der Waals surface area contributed by atoms with Gasteiger partial charge in [0.25, 0.3) is 0 Å². The van der Waals surface area contributed by atoms with E-state index >= 15 is 0 Å². The lowest BCUT2D eigenvalue weighted by molar-refractivity contribution is 0.112. The van der Waals surface area contributed by atoms with Crippen LogP contribution in [0, 0.1) is 0 Å². The normalized spacial score (nSPS) is 16.2. The number of nitrogens with one attached hydrogen (secondary N) is 1. The molecule has 1 aliphatic heterocycles. The third-order valence-electron chi connectivity index (χ3n) is 3.35. The molecule has 2 rings (SSSR count). The number of anilines is 1. The van der Waals surface area contributed by atoms with Crippen molar-refractivity contribution in [1.82, 2.24) is 4.90 Å². The molecule has 0 unspecified atom stereocenters. The number of likely N-dealkylation sites (tertiary alicyclic amines) is 1. The Bertz CT molecular complexity index is 436. The van der Waals surface area contributed by atoms with Gasteiger partial charge in [-0.25, -0.2) is 0 Å². The Hall–Kier alpha value is -0.770. The predicted octanol–water partition coefficient (Wildman–Crippen LogP) is 3.70. The Morgan fingerprint density at radius 1 is 1.37 bits per heavy atom. The molecule has 1 aliphatic rings.